The lowest BCUT2D eigenvalue weighted by Gasteiger charge is -2.17. The summed E-state index contributed by atoms with van der Waals surface area (Å²) in [5, 5.41) is 5.64. The summed E-state index contributed by atoms with van der Waals surface area (Å²) in [6.45, 7) is 0.270. The van der Waals surface area contributed by atoms with Gasteiger partial charge in [-0.2, -0.15) is 11.8 Å². The molecule has 0 aliphatic heterocycles. The Morgan fingerprint density at radius 3 is 2.54 bits per heavy atom. The summed E-state index contributed by atoms with van der Waals surface area (Å²) in [7, 11) is 4.68. The molecule has 1 heterocycles. The molecule has 0 bridgehead atoms. The van der Waals surface area contributed by atoms with Crippen LogP contribution < -0.4 is 10.6 Å². The van der Waals surface area contributed by atoms with Gasteiger partial charge in [-0.1, -0.05) is 30.3 Å². The van der Waals surface area contributed by atoms with E-state index in [0.29, 0.717) is 34.7 Å². The molecule has 186 valence electrons. The number of hydrogen-bond acceptors (Lipinski definition) is 7. The van der Waals surface area contributed by atoms with Gasteiger partial charge < -0.3 is 24.7 Å². The average Bonchev–Trinajstić information content (AvgIpc) is 3.21. The summed E-state index contributed by atoms with van der Waals surface area (Å²) >= 11 is 1.57. The Kier molecular flexibility index (Phi) is 9.27. The third kappa shape index (κ3) is 6.40. The largest absolute Gasteiger partial charge is 0.467 e. The summed E-state index contributed by atoms with van der Waals surface area (Å²) in [6.07, 6.45) is 2.52. The van der Waals surface area contributed by atoms with Crippen LogP contribution in [0.3, 0.4) is 0 Å². The smallest absolute Gasteiger partial charge is 0.328 e. The maximum Gasteiger partial charge on any atom is 0.328 e. The number of carbonyl (C=O) groups is 3. The van der Waals surface area contributed by atoms with Crippen molar-refractivity contribution in [1.29, 1.82) is 0 Å². The van der Waals surface area contributed by atoms with Gasteiger partial charge in [0.1, 0.15) is 11.9 Å². The monoisotopic (exact) mass is 498 g/mol. The van der Waals surface area contributed by atoms with Crippen molar-refractivity contribution in [3.8, 4) is 11.4 Å². The minimum atomic E-state index is -0.779. The van der Waals surface area contributed by atoms with Crippen molar-refractivity contribution in [3.63, 3.8) is 0 Å². The second-order valence-corrected chi connectivity index (χ2v) is 8.86. The zero-order valence-electron chi connectivity index (χ0n) is 20.3. The standard InChI is InChI=1S/C25H30N4O5S/c1-29-22-19(26-21(30)10-12-33-2)14-17(24(31)28-18(11-13-35-4)25(32)34-3)15-20(22)27-23(29)16-8-6-5-7-9-16/h5-9,14-15,18H,10-13H2,1-4H3,(H,26,30)(H,28,31)/t18-/m1/s1. The molecule has 0 aliphatic rings. The fraction of sp³-hybridized carbons (Fsp3) is 0.360. The van der Waals surface area contributed by atoms with E-state index in [1.165, 1.54) is 14.2 Å². The lowest BCUT2D eigenvalue weighted by atomic mass is 10.1. The number of thioether (sulfide) groups is 1. The number of aromatic nitrogens is 2. The molecule has 3 aromatic rings. The normalized spacial score (nSPS) is 11.8. The Balaban J connectivity index is 2.04. The maximum atomic E-state index is 13.2. The van der Waals surface area contributed by atoms with Gasteiger partial charge in [-0.15, -0.1) is 0 Å². The number of hydrogen-bond donors (Lipinski definition) is 2. The molecule has 3 rings (SSSR count). The molecule has 0 saturated carbocycles. The topological polar surface area (TPSA) is 112 Å². The summed E-state index contributed by atoms with van der Waals surface area (Å²) in [5.74, 6) is 0.160. The first kappa shape index (κ1) is 26.2. The van der Waals surface area contributed by atoms with Crippen LogP contribution in [0.5, 0.6) is 0 Å². The zero-order valence-corrected chi connectivity index (χ0v) is 21.1. The van der Waals surface area contributed by atoms with Gasteiger partial charge in [0.15, 0.2) is 0 Å². The molecule has 2 aromatic carbocycles. The van der Waals surface area contributed by atoms with Gasteiger partial charge in [0.2, 0.25) is 5.91 Å². The van der Waals surface area contributed by atoms with E-state index in [1.807, 2.05) is 48.2 Å². The molecular formula is C25H30N4O5S. The number of benzene rings is 2. The summed E-state index contributed by atoms with van der Waals surface area (Å²) in [4.78, 5) is 42.6. The lowest BCUT2D eigenvalue weighted by molar-refractivity contribution is -0.142. The van der Waals surface area contributed by atoms with E-state index >= 15 is 0 Å². The predicted octanol–water partition coefficient (Wildman–Crippen LogP) is 3.24. The molecule has 10 heteroatoms. The third-order valence-corrected chi connectivity index (χ3v) is 6.12. The number of methoxy groups -OCH3 is 2. The number of esters is 1. The highest BCUT2D eigenvalue weighted by molar-refractivity contribution is 7.98. The molecule has 0 unspecified atom stereocenters. The predicted molar refractivity (Wildman–Crippen MR) is 138 cm³/mol. The Morgan fingerprint density at radius 1 is 1.14 bits per heavy atom. The molecule has 2 amide bonds. The van der Waals surface area contributed by atoms with Crippen LogP contribution in [-0.2, 0) is 26.1 Å². The highest BCUT2D eigenvalue weighted by Crippen LogP contribution is 2.30. The van der Waals surface area contributed by atoms with Gasteiger partial charge in [0, 0.05) is 25.3 Å². The Bertz CT molecular complexity index is 1200. The lowest BCUT2D eigenvalue weighted by Crippen LogP contribution is -2.42. The quantitative estimate of drug-likeness (QED) is 0.390. The summed E-state index contributed by atoms with van der Waals surface area (Å²) < 4.78 is 11.7. The molecule has 0 radical (unpaired) electrons. The molecule has 0 saturated heterocycles. The van der Waals surface area contributed by atoms with Crippen molar-refractivity contribution in [3.05, 3.63) is 48.0 Å². The van der Waals surface area contributed by atoms with E-state index in [-0.39, 0.29) is 24.5 Å². The van der Waals surface area contributed by atoms with Gasteiger partial charge in [-0.05, 0) is 30.6 Å². The fourth-order valence-electron chi connectivity index (χ4n) is 3.70. The Hall–Kier alpha value is -3.37. The minimum Gasteiger partial charge on any atom is -0.467 e. The number of amides is 2. The number of fused-ring (bicyclic) bond motifs is 1. The van der Waals surface area contributed by atoms with Crippen molar-refractivity contribution in [2.75, 3.05) is 38.2 Å². The van der Waals surface area contributed by atoms with Crippen molar-refractivity contribution >= 4 is 46.3 Å². The Morgan fingerprint density at radius 2 is 1.89 bits per heavy atom. The van der Waals surface area contributed by atoms with E-state index in [2.05, 4.69) is 10.6 Å². The SMILES string of the molecule is COCCC(=O)Nc1cc(C(=O)N[C@H](CCSC)C(=O)OC)cc2nc(-c3ccccc3)n(C)c12. The van der Waals surface area contributed by atoms with Crippen LogP contribution in [0.15, 0.2) is 42.5 Å². The van der Waals surface area contributed by atoms with Crippen LogP contribution in [0.4, 0.5) is 5.69 Å². The molecule has 9 nitrogen and oxygen atoms in total. The second-order valence-electron chi connectivity index (χ2n) is 7.87. The van der Waals surface area contributed by atoms with Gasteiger partial charge in [0.05, 0.1) is 36.9 Å². The zero-order chi connectivity index (χ0) is 25.4. The molecule has 0 fully saturated rings. The molecule has 1 aromatic heterocycles. The van der Waals surface area contributed by atoms with E-state index in [1.54, 1.807) is 23.9 Å². The minimum absolute atomic E-state index is 0.164. The van der Waals surface area contributed by atoms with Crippen LogP contribution in [0.25, 0.3) is 22.4 Å². The number of aryl methyl sites for hydroxylation is 1. The number of nitrogens with zero attached hydrogens (tertiary/aromatic N) is 2. The summed E-state index contributed by atoms with van der Waals surface area (Å²) in [6, 6.07) is 12.1. The highest BCUT2D eigenvalue weighted by Gasteiger charge is 2.24. The van der Waals surface area contributed by atoms with Crippen molar-refractivity contribution < 1.29 is 23.9 Å². The van der Waals surface area contributed by atoms with Gasteiger partial charge in [-0.25, -0.2) is 9.78 Å². The average molecular weight is 499 g/mol. The Labute approximate surface area is 208 Å². The van der Waals surface area contributed by atoms with Crippen molar-refractivity contribution in [2.45, 2.75) is 18.9 Å². The van der Waals surface area contributed by atoms with E-state index in [9.17, 15) is 14.4 Å². The van der Waals surface area contributed by atoms with Gasteiger partial charge >= 0.3 is 5.97 Å². The van der Waals surface area contributed by atoms with Crippen LogP contribution in [0, 0.1) is 0 Å². The van der Waals surface area contributed by atoms with Crippen LogP contribution >= 0.6 is 11.8 Å². The first-order valence-electron chi connectivity index (χ1n) is 11.1. The first-order chi connectivity index (χ1) is 16.9. The van der Waals surface area contributed by atoms with Crippen molar-refractivity contribution in [1.82, 2.24) is 14.9 Å². The molecule has 1 atom stereocenters. The molecule has 0 spiro atoms. The second kappa shape index (κ2) is 12.4. The first-order valence-corrected chi connectivity index (χ1v) is 12.5. The number of nitrogens with one attached hydrogen (secondary N) is 2. The van der Waals surface area contributed by atoms with Crippen LogP contribution in [0.2, 0.25) is 0 Å². The van der Waals surface area contributed by atoms with E-state index in [4.69, 9.17) is 14.5 Å². The molecule has 0 aliphatic carbocycles. The van der Waals surface area contributed by atoms with E-state index in [0.717, 1.165) is 5.56 Å². The number of anilines is 1. The number of imidazole rings is 1. The molecule has 2 N–H and O–H groups in total. The number of ether oxygens (including phenoxy) is 2. The highest BCUT2D eigenvalue weighted by atomic mass is 32.2. The fourth-order valence-corrected chi connectivity index (χ4v) is 4.17. The third-order valence-electron chi connectivity index (χ3n) is 5.47. The number of rotatable bonds is 11. The maximum absolute atomic E-state index is 13.2. The summed E-state index contributed by atoms with van der Waals surface area (Å²) in [5.41, 5.74) is 2.84. The number of carbonyl (C=O) groups excluding carboxylic acids is 3. The molecular weight excluding hydrogens is 468 g/mol. The van der Waals surface area contributed by atoms with Gasteiger partial charge in [0.25, 0.3) is 5.91 Å². The van der Waals surface area contributed by atoms with Crippen LogP contribution in [-0.4, -0.2) is 66.2 Å². The van der Waals surface area contributed by atoms with Gasteiger partial charge in [-0.3, -0.25) is 9.59 Å². The van der Waals surface area contributed by atoms with Crippen molar-refractivity contribution in [2.24, 2.45) is 7.05 Å². The van der Waals surface area contributed by atoms with Crippen LogP contribution in [0.1, 0.15) is 23.2 Å². The van der Waals surface area contributed by atoms with E-state index < -0.39 is 17.9 Å². The molecule has 35 heavy (non-hydrogen) atoms.